The molecule has 1 atom stereocenters. The van der Waals surface area contributed by atoms with E-state index in [2.05, 4.69) is 10.3 Å². The van der Waals surface area contributed by atoms with E-state index in [-0.39, 0.29) is 12.1 Å². The second kappa shape index (κ2) is 6.94. The van der Waals surface area contributed by atoms with Crippen LogP contribution in [0.5, 0.6) is 0 Å². The van der Waals surface area contributed by atoms with Gasteiger partial charge in [-0.25, -0.2) is 9.78 Å². The molecule has 2 aliphatic rings. The minimum atomic E-state index is -0.154. The van der Waals surface area contributed by atoms with Crippen LogP contribution in [-0.2, 0) is 11.3 Å². The van der Waals surface area contributed by atoms with Gasteiger partial charge in [-0.2, -0.15) is 0 Å². The summed E-state index contributed by atoms with van der Waals surface area (Å²) in [5, 5.41) is 5.64. The Bertz CT molecular complexity index is 675. The molecular formula is C17H21N3O3S. The van der Waals surface area contributed by atoms with E-state index in [0.29, 0.717) is 24.1 Å². The number of nitrogens with one attached hydrogen (secondary N) is 1. The molecule has 2 amide bonds. The molecule has 2 aromatic heterocycles. The Balaban J connectivity index is 1.42. The Morgan fingerprint density at radius 3 is 3.04 bits per heavy atom. The second-order valence-electron chi connectivity index (χ2n) is 6.38. The van der Waals surface area contributed by atoms with Gasteiger partial charge in [0.25, 0.3) is 0 Å². The normalized spacial score (nSPS) is 20.2. The summed E-state index contributed by atoms with van der Waals surface area (Å²) in [7, 11) is 0. The van der Waals surface area contributed by atoms with Crippen molar-refractivity contribution in [2.75, 3.05) is 18.5 Å². The van der Waals surface area contributed by atoms with Crippen LogP contribution in [0.4, 0.5) is 9.93 Å². The zero-order valence-corrected chi connectivity index (χ0v) is 14.3. The number of amides is 2. The van der Waals surface area contributed by atoms with Crippen molar-refractivity contribution in [1.29, 1.82) is 0 Å². The standard InChI is InChI=1S/C17H21N3O3S/c21-17(19-16-18-15(11-24-16)12-5-6-12)20(9-13-3-1-7-22-13)10-14-4-2-8-23-14/h1,3,7,11-12,14H,2,4-6,8-10H2,(H,18,19,21)/t14-/m1/s1. The molecule has 0 spiro atoms. The van der Waals surface area contributed by atoms with E-state index in [1.165, 1.54) is 24.2 Å². The third-order valence-corrected chi connectivity index (χ3v) is 5.17. The van der Waals surface area contributed by atoms with Gasteiger partial charge >= 0.3 is 6.03 Å². The highest BCUT2D eigenvalue weighted by molar-refractivity contribution is 7.13. The molecule has 0 aromatic carbocycles. The predicted octanol–water partition coefficient (Wildman–Crippen LogP) is 3.83. The molecule has 1 saturated heterocycles. The first-order valence-electron chi connectivity index (χ1n) is 8.43. The number of nitrogens with zero attached hydrogens (tertiary/aromatic N) is 2. The van der Waals surface area contributed by atoms with Crippen molar-refractivity contribution in [2.45, 2.75) is 44.2 Å². The van der Waals surface area contributed by atoms with Gasteiger partial charge in [0.05, 0.1) is 24.6 Å². The van der Waals surface area contributed by atoms with Gasteiger partial charge < -0.3 is 14.1 Å². The highest BCUT2D eigenvalue weighted by Crippen LogP contribution is 2.40. The fourth-order valence-corrected chi connectivity index (χ4v) is 3.71. The van der Waals surface area contributed by atoms with Gasteiger partial charge in [-0.05, 0) is 37.8 Å². The molecule has 1 aliphatic heterocycles. The number of hydrogen-bond acceptors (Lipinski definition) is 5. The molecule has 128 valence electrons. The van der Waals surface area contributed by atoms with Crippen LogP contribution < -0.4 is 5.32 Å². The van der Waals surface area contributed by atoms with Crippen LogP contribution in [-0.4, -0.2) is 35.2 Å². The maximum Gasteiger partial charge on any atom is 0.324 e. The van der Waals surface area contributed by atoms with Crippen molar-refractivity contribution in [3.8, 4) is 0 Å². The first kappa shape index (κ1) is 15.7. The number of urea groups is 1. The molecule has 7 heteroatoms. The van der Waals surface area contributed by atoms with E-state index >= 15 is 0 Å². The summed E-state index contributed by atoms with van der Waals surface area (Å²) in [5.41, 5.74) is 1.10. The minimum absolute atomic E-state index is 0.101. The lowest BCUT2D eigenvalue weighted by atomic mass is 10.2. The topological polar surface area (TPSA) is 67.6 Å². The second-order valence-corrected chi connectivity index (χ2v) is 7.23. The van der Waals surface area contributed by atoms with E-state index < -0.39 is 0 Å². The quantitative estimate of drug-likeness (QED) is 0.862. The van der Waals surface area contributed by atoms with Crippen molar-refractivity contribution in [2.24, 2.45) is 0 Å². The third-order valence-electron chi connectivity index (χ3n) is 4.39. The van der Waals surface area contributed by atoms with Gasteiger partial charge in [-0.1, -0.05) is 0 Å². The molecule has 0 unspecified atom stereocenters. The zero-order chi connectivity index (χ0) is 16.4. The maximum atomic E-state index is 12.7. The smallest absolute Gasteiger partial charge is 0.324 e. The van der Waals surface area contributed by atoms with E-state index in [9.17, 15) is 4.79 Å². The maximum absolute atomic E-state index is 12.7. The summed E-state index contributed by atoms with van der Waals surface area (Å²) in [6, 6.07) is 3.56. The highest BCUT2D eigenvalue weighted by Gasteiger charge is 2.27. The molecule has 1 aliphatic carbocycles. The predicted molar refractivity (Wildman–Crippen MR) is 91.2 cm³/mol. The van der Waals surface area contributed by atoms with Crippen LogP contribution in [0.3, 0.4) is 0 Å². The highest BCUT2D eigenvalue weighted by atomic mass is 32.1. The summed E-state index contributed by atoms with van der Waals surface area (Å²) in [6.45, 7) is 1.77. The zero-order valence-electron chi connectivity index (χ0n) is 13.4. The summed E-state index contributed by atoms with van der Waals surface area (Å²) < 4.78 is 11.1. The lowest BCUT2D eigenvalue weighted by molar-refractivity contribution is 0.0803. The molecule has 4 rings (SSSR count). The number of hydrogen-bond donors (Lipinski definition) is 1. The summed E-state index contributed by atoms with van der Waals surface area (Å²) in [5.74, 6) is 1.36. The van der Waals surface area contributed by atoms with Crippen molar-refractivity contribution in [3.05, 3.63) is 35.2 Å². The van der Waals surface area contributed by atoms with Gasteiger partial charge in [0.15, 0.2) is 5.13 Å². The van der Waals surface area contributed by atoms with Gasteiger partial charge in [0, 0.05) is 24.4 Å². The van der Waals surface area contributed by atoms with Gasteiger partial charge in [0.2, 0.25) is 0 Å². The summed E-state index contributed by atoms with van der Waals surface area (Å²) in [6.07, 6.45) is 6.19. The van der Waals surface area contributed by atoms with Crippen LogP contribution in [0.25, 0.3) is 0 Å². The number of thiazole rings is 1. The molecule has 1 N–H and O–H groups in total. The SMILES string of the molecule is O=C(Nc1nc(C2CC2)cs1)N(Cc1ccco1)C[C@H]1CCCO1. The van der Waals surface area contributed by atoms with E-state index in [4.69, 9.17) is 9.15 Å². The van der Waals surface area contributed by atoms with Crippen LogP contribution in [0.15, 0.2) is 28.2 Å². The van der Waals surface area contributed by atoms with Crippen molar-refractivity contribution >= 4 is 22.5 Å². The Kier molecular flexibility index (Phi) is 4.53. The molecule has 6 nitrogen and oxygen atoms in total. The van der Waals surface area contributed by atoms with Crippen LogP contribution in [0.2, 0.25) is 0 Å². The van der Waals surface area contributed by atoms with E-state index in [0.717, 1.165) is 30.9 Å². The number of furan rings is 1. The molecule has 2 fully saturated rings. The Morgan fingerprint density at radius 2 is 2.33 bits per heavy atom. The monoisotopic (exact) mass is 347 g/mol. The van der Waals surface area contributed by atoms with Gasteiger partial charge in [0.1, 0.15) is 5.76 Å². The molecular weight excluding hydrogens is 326 g/mol. The largest absolute Gasteiger partial charge is 0.467 e. The molecule has 0 radical (unpaired) electrons. The lowest BCUT2D eigenvalue weighted by Gasteiger charge is -2.24. The number of anilines is 1. The fraction of sp³-hybridized carbons (Fsp3) is 0.529. The fourth-order valence-electron chi connectivity index (χ4n) is 2.92. The van der Waals surface area contributed by atoms with Crippen molar-refractivity contribution in [1.82, 2.24) is 9.88 Å². The third kappa shape index (κ3) is 3.79. The van der Waals surface area contributed by atoms with Gasteiger partial charge in [-0.15, -0.1) is 11.3 Å². The Hall–Kier alpha value is -1.86. The van der Waals surface area contributed by atoms with Gasteiger partial charge in [-0.3, -0.25) is 5.32 Å². The minimum Gasteiger partial charge on any atom is -0.467 e. The molecule has 3 heterocycles. The first-order valence-corrected chi connectivity index (χ1v) is 9.31. The summed E-state index contributed by atoms with van der Waals surface area (Å²) >= 11 is 1.49. The van der Waals surface area contributed by atoms with Crippen molar-refractivity contribution in [3.63, 3.8) is 0 Å². The summed E-state index contributed by atoms with van der Waals surface area (Å²) in [4.78, 5) is 19.0. The Morgan fingerprint density at radius 1 is 1.42 bits per heavy atom. The van der Waals surface area contributed by atoms with Crippen LogP contribution >= 0.6 is 11.3 Å². The van der Waals surface area contributed by atoms with E-state index in [1.54, 1.807) is 11.2 Å². The molecule has 0 bridgehead atoms. The average Bonchev–Trinajstić information content (AvgIpc) is 3.01. The van der Waals surface area contributed by atoms with Crippen molar-refractivity contribution < 1.29 is 13.9 Å². The number of ether oxygens (including phenoxy) is 1. The molecule has 1 saturated carbocycles. The number of rotatable bonds is 6. The molecule has 2 aromatic rings. The number of carbonyl (C=O) groups is 1. The number of aromatic nitrogens is 1. The first-order chi connectivity index (χ1) is 11.8. The molecule has 24 heavy (non-hydrogen) atoms. The van der Waals surface area contributed by atoms with E-state index in [1.807, 2.05) is 17.5 Å². The number of carbonyl (C=O) groups excluding carboxylic acids is 1. The Labute approximate surface area is 144 Å². The average molecular weight is 347 g/mol. The lowest BCUT2D eigenvalue weighted by Crippen LogP contribution is -2.39. The van der Waals surface area contributed by atoms with Crippen LogP contribution in [0, 0.1) is 0 Å². The van der Waals surface area contributed by atoms with Crippen LogP contribution in [0.1, 0.15) is 43.1 Å².